The first-order valence-electron chi connectivity index (χ1n) is 7.12. The van der Waals surface area contributed by atoms with Gasteiger partial charge in [0.25, 0.3) is 0 Å². The Morgan fingerprint density at radius 1 is 1.28 bits per heavy atom. The number of methoxy groups -OCH3 is 1. The molecule has 0 radical (unpaired) electrons. The molecule has 1 atom stereocenters. The summed E-state index contributed by atoms with van der Waals surface area (Å²) in [5.41, 5.74) is 2.96. The van der Waals surface area contributed by atoms with Gasteiger partial charge in [0.1, 0.15) is 5.75 Å². The number of ether oxygens (including phenoxy) is 1. The minimum Gasteiger partial charge on any atom is -0.497 e. The van der Waals surface area contributed by atoms with E-state index in [-0.39, 0.29) is 5.54 Å². The molecule has 0 aromatic heterocycles. The van der Waals surface area contributed by atoms with Crippen molar-refractivity contribution in [1.29, 1.82) is 0 Å². The van der Waals surface area contributed by atoms with Crippen LogP contribution in [0.3, 0.4) is 0 Å². The quantitative estimate of drug-likeness (QED) is 0.878. The lowest BCUT2D eigenvalue weighted by Crippen LogP contribution is -2.41. The summed E-state index contributed by atoms with van der Waals surface area (Å²) in [5, 5.41) is 3.80. The van der Waals surface area contributed by atoms with Gasteiger partial charge in [-0.1, -0.05) is 25.8 Å². The summed E-state index contributed by atoms with van der Waals surface area (Å²) in [6, 6.07) is 6.49. The van der Waals surface area contributed by atoms with Crippen LogP contribution in [0.25, 0.3) is 0 Å². The van der Waals surface area contributed by atoms with Crippen LogP contribution < -0.4 is 10.1 Å². The lowest BCUT2D eigenvalue weighted by molar-refractivity contribution is 0.310. The Kier molecular flexibility index (Phi) is 4.28. The van der Waals surface area contributed by atoms with Crippen LogP contribution in [-0.4, -0.2) is 13.7 Å². The highest BCUT2D eigenvalue weighted by molar-refractivity contribution is 5.39. The maximum Gasteiger partial charge on any atom is 0.119 e. The van der Waals surface area contributed by atoms with Crippen molar-refractivity contribution in [1.82, 2.24) is 5.32 Å². The molecule has 18 heavy (non-hydrogen) atoms. The Morgan fingerprint density at radius 3 is 2.78 bits per heavy atom. The van der Waals surface area contributed by atoms with Crippen LogP contribution in [-0.2, 0) is 5.54 Å². The summed E-state index contributed by atoms with van der Waals surface area (Å²) in [6.45, 7) is 5.63. The van der Waals surface area contributed by atoms with E-state index in [4.69, 9.17) is 4.74 Å². The molecular formula is C16H25NO. The van der Waals surface area contributed by atoms with Crippen LogP contribution >= 0.6 is 0 Å². The fraction of sp³-hybridized carbons (Fsp3) is 0.625. The van der Waals surface area contributed by atoms with E-state index >= 15 is 0 Å². The van der Waals surface area contributed by atoms with Gasteiger partial charge in [-0.05, 0) is 56.0 Å². The van der Waals surface area contributed by atoms with Crippen molar-refractivity contribution in [2.75, 3.05) is 13.7 Å². The standard InChI is InChI=1S/C16H25NO/c1-4-16(10-6-5-7-11-17-16)15-9-8-14(18-3)12-13(15)2/h8-9,12,17H,4-7,10-11H2,1-3H3. The molecule has 2 rings (SSSR count). The Hall–Kier alpha value is -1.02. The van der Waals surface area contributed by atoms with E-state index in [2.05, 4.69) is 37.4 Å². The molecule has 1 saturated heterocycles. The van der Waals surface area contributed by atoms with Gasteiger partial charge in [-0.15, -0.1) is 0 Å². The molecule has 1 unspecified atom stereocenters. The predicted octanol–water partition coefficient (Wildman–Crippen LogP) is 3.77. The zero-order valence-corrected chi connectivity index (χ0v) is 11.9. The molecule has 2 heteroatoms. The van der Waals surface area contributed by atoms with Gasteiger partial charge in [0.15, 0.2) is 0 Å². The Labute approximate surface area is 111 Å². The lowest BCUT2D eigenvalue weighted by atomic mass is 9.81. The van der Waals surface area contributed by atoms with Crippen LogP contribution in [0.2, 0.25) is 0 Å². The molecule has 0 aliphatic carbocycles. The SMILES string of the molecule is CCC1(c2ccc(OC)cc2C)CCCCCN1. The highest BCUT2D eigenvalue weighted by atomic mass is 16.5. The molecule has 0 saturated carbocycles. The van der Waals surface area contributed by atoms with E-state index < -0.39 is 0 Å². The first-order valence-corrected chi connectivity index (χ1v) is 7.12. The van der Waals surface area contributed by atoms with Gasteiger partial charge in [-0.3, -0.25) is 0 Å². The van der Waals surface area contributed by atoms with Crippen LogP contribution in [0.1, 0.15) is 50.2 Å². The van der Waals surface area contributed by atoms with Gasteiger partial charge in [0.2, 0.25) is 0 Å². The first-order chi connectivity index (χ1) is 8.72. The monoisotopic (exact) mass is 247 g/mol. The number of rotatable bonds is 3. The van der Waals surface area contributed by atoms with Gasteiger partial charge in [-0.2, -0.15) is 0 Å². The van der Waals surface area contributed by atoms with Crippen LogP contribution in [0.15, 0.2) is 18.2 Å². The van der Waals surface area contributed by atoms with E-state index in [1.54, 1.807) is 7.11 Å². The van der Waals surface area contributed by atoms with Crippen LogP contribution in [0.5, 0.6) is 5.75 Å². The molecular weight excluding hydrogens is 222 g/mol. The van der Waals surface area contributed by atoms with Gasteiger partial charge in [0, 0.05) is 5.54 Å². The number of hydrogen-bond donors (Lipinski definition) is 1. The molecule has 1 aromatic carbocycles. The van der Waals surface area contributed by atoms with Crippen molar-refractivity contribution in [3.63, 3.8) is 0 Å². The first kappa shape index (κ1) is 13.4. The van der Waals surface area contributed by atoms with E-state index in [0.29, 0.717) is 0 Å². The molecule has 1 aliphatic rings. The molecule has 1 aliphatic heterocycles. The smallest absolute Gasteiger partial charge is 0.119 e. The lowest BCUT2D eigenvalue weighted by Gasteiger charge is -2.35. The summed E-state index contributed by atoms with van der Waals surface area (Å²) in [7, 11) is 1.73. The topological polar surface area (TPSA) is 21.3 Å². The fourth-order valence-corrected chi connectivity index (χ4v) is 3.17. The molecule has 0 amide bonds. The summed E-state index contributed by atoms with van der Waals surface area (Å²) >= 11 is 0. The molecule has 1 heterocycles. The Bertz CT molecular complexity index is 392. The highest BCUT2D eigenvalue weighted by Crippen LogP contribution is 2.35. The maximum absolute atomic E-state index is 5.31. The minimum atomic E-state index is 0.173. The molecule has 1 fully saturated rings. The van der Waals surface area contributed by atoms with E-state index in [1.807, 2.05) is 0 Å². The summed E-state index contributed by atoms with van der Waals surface area (Å²) in [4.78, 5) is 0. The van der Waals surface area contributed by atoms with Crippen LogP contribution in [0, 0.1) is 6.92 Å². The largest absolute Gasteiger partial charge is 0.497 e. The van der Waals surface area contributed by atoms with Gasteiger partial charge < -0.3 is 10.1 Å². The molecule has 1 aromatic rings. The van der Waals surface area contributed by atoms with Gasteiger partial charge in [-0.25, -0.2) is 0 Å². The average molecular weight is 247 g/mol. The average Bonchev–Trinajstić information content (AvgIpc) is 2.64. The molecule has 2 nitrogen and oxygen atoms in total. The molecule has 100 valence electrons. The van der Waals surface area contributed by atoms with Crippen molar-refractivity contribution >= 4 is 0 Å². The number of hydrogen-bond acceptors (Lipinski definition) is 2. The summed E-state index contributed by atoms with van der Waals surface area (Å²) < 4.78 is 5.31. The second kappa shape index (κ2) is 5.75. The number of nitrogens with one attached hydrogen (secondary N) is 1. The maximum atomic E-state index is 5.31. The third kappa shape index (κ3) is 2.54. The van der Waals surface area contributed by atoms with Crippen molar-refractivity contribution in [2.24, 2.45) is 0 Å². The third-order valence-corrected chi connectivity index (χ3v) is 4.30. The zero-order valence-electron chi connectivity index (χ0n) is 11.9. The molecule has 0 bridgehead atoms. The van der Waals surface area contributed by atoms with Gasteiger partial charge >= 0.3 is 0 Å². The second-order valence-electron chi connectivity index (χ2n) is 5.35. The predicted molar refractivity (Wildman–Crippen MR) is 76.2 cm³/mol. The summed E-state index contributed by atoms with van der Waals surface area (Å²) in [6.07, 6.45) is 6.38. The van der Waals surface area contributed by atoms with Crippen molar-refractivity contribution in [2.45, 2.75) is 51.5 Å². The van der Waals surface area contributed by atoms with Crippen molar-refractivity contribution in [3.8, 4) is 5.75 Å². The highest BCUT2D eigenvalue weighted by Gasteiger charge is 2.31. The zero-order chi connectivity index (χ0) is 13.0. The van der Waals surface area contributed by atoms with E-state index in [0.717, 1.165) is 18.7 Å². The minimum absolute atomic E-state index is 0.173. The molecule has 0 spiro atoms. The van der Waals surface area contributed by atoms with Crippen molar-refractivity contribution < 1.29 is 4.74 Å². The van der Waals surface area contributed by atoms with Crippen molar-refractivity contribution in [3.05, 3.63) is 29.3 Å². The van der Waals surface area contributed by atoms with E-state index in [1.165, 1.54) is 36.8 Å². The van der Waals surface area contributed by atoms with Crippen LogP contribution in [0.4, 0.5) is 0 Å². The Balaban J connectivity index is 2.36. The number of benzene rings is 1. The molecule has 1 N–H and O–H groups in total. The second-order valence-corrected chi connectivity index (χ2v) is 5.35. The third-order valence-electron chi connectivity index (χ3n) is 4.30. The summed E-state index contributed by atoms with van der Waals surface area (Å²) in [5.74, 6) is 0.955. The number of aryl methyl sites for hydroxylation is 1. The van der Waals surface area contributed by atoms with E-state index in [9.17, 15) is 0 Å². The van der Waals surface area contributed by atoms with Gasteiger partial charge in [0.05, 0.1) is 7.11 Å². The Morgan fingerprint density at radius 2 is 2.11 bits per heavy atom. The normalized spacial score (nSPS) is 24.6. The fourth-order valence-electron chi connectivity index (χ4n) is 3.17.